The highest BCUT2D eigenvalue weighted by molar-refractivity contribution is 7.99. The predicted octanol–water partition coefficient (Wildman–Crippen LogP) is 6.87. The van der Waals surface area contributed by atoms with Gasteiger partial charge in [-0.05, 0) is 88.0 Å². The molecule has 6 fully saturated rings. The third-order valence-corrected chi connectivity index (χ3v) is 12.2. The molecule has 6 nitrogen and oxygen atoms in total. The first-order valence-corrected chi connectivity index (χ1v) is 18.0. The lowest BCUT2D eigenvalue weighted by Gasteiger charge is -2.44. The molecule has 8 heterocycles. The zero-order valence-electron chi connectivity index (χ0n) is 22.6. The van der Waals surface area contributed by atoms with E-state index in [4.69, 9.17) is 0 Å². The number of hydrogen-bond donors (Lipinski definition) is 0. The van der Waals surface area contributed by atoms with Gasteiger partial charge in [0.15, 0.2) is 0 Å². The number of piperidine rings is 6. The van der Waals surface area contributed by atoms with Gasteiger partial charge in [-0.15, -0.1) is 23.5 Å². The van der Waals surface area contributed by atoms with Crippen LogP contribution in [0, 0.1) is 11.8 Å². The van der Waals surface area contributed by atoms with E-state index in [9.17, 15) is 0 Å². The monoisotopic (exact) mass is 580 g/mol. The minimum atomic E-state index is 0.662. The summed E-state index contributed by atoms with van der Waals surface area (Å²) in [6.45, 7) is 12.2. The molecule has 0 amide bonds. The Morgan fingerprint density at radius 1 is 0.649 bits per heavy atom. The van der Waals surface area contributed by atoms with Crippen molar-refractivity contribution in [3.8, 4) is 0 Å². The summed E-state index contributed by atoms with van der Waals surface area (Å²) in [5.74, 6) is 5.45. The Morgan fingerprint density at radius 2 is 1.11 bits per heavy atom. The number of thioether (sulfide) groups is 2. The van der Waals surface area contributed by atoms with E-state index >= 15 is 0 Å². The highest BCUT2D eigenvalue weighted by Crippen LogP contribution is 2.42. The standard InChI is InChI=1S/C14H23N3S2.C13H21N3S2/c1-2-3-4-9-18-14-13(15-19-16-14)12-10-17-7-5-11(12)6-8-17;1-2-3-8-17-13-12(14-18-15-13)11-9-16-6-4-10(11)5-7-16/h11-12H,2-10H2,1H3;10-11H,2-9H2,1H3. The molecule has 6 aliphatic rings. The van der Waals surface area contributed by atoms with Gasteiger partial charge in [0, 0.05) is 24.9 Å². The summed E-state index contributed by atoms with van der Waals surface area (Å²) in [4.78, 5) is 5.21. The minimum absolute atomic E-state index is 0.662. The lowest BCUT2D eigenvalue weighted by atomic mass is 9.78. The average Bonchev–Trinajstić information content (AvgIpc) is 3.63. The van der Waals surface area contributed by atoms with Gasteiger partial charge in [0.05, 0.1) is 34.8 Å². The molecule has 8 rings (SSSR count). The first-order chi connectivity index (χ1) is 18.3. The molecule has 0 saturated carbocycles. The van der Waals surface area contributed by atoms with Gasteiger partial charge in [-0.1, -0.05) is 33.1 Å². The summed E-state index contributed by atoms with van der Waals surface area (Å²) in [6, 6.07) is 0. The Labute approximate surface area is 240 Å². The van der Waals surface area contributed by atoms with Gasteiger partial charge in [0.2, 0.25) is 0 Å². The minimum Gasteiger partial charge on any atom is -0.303 e. The van der Waals surface area contributed by atoms with E-state index < -0.39 is 0 Å². The molecular formula is C27H44N6S4. The second-order valence-electron chi connectivity index (χ2n) is 11.2. The van der Waals surface area contributed by atoms with Crippen LogP contribution in [0.3, 0.4) is 0 Å². The first kappa shape index (κ1) is 28.3. The molecule has 6 aliphatic heterocycles. The van der Waals surface area contributed by atoms with Gasteiger partial charge in [0.25, 0.3) is 0 Å². The Hall–Kier alpha value is -0.260. The SMILES string of the molecule is CCCCCSc1nsnc1C1CN2CCC1CC2.CCCCSc1nsnc1C1CN2CCC1CC2. The van der Waals surface area contributed by atoms with Crippen LogP contribution in [0.4, 0.5) is 0 Å². The fraction of sp³-hybridized carbons (Fsp3) is 0.852. The van der Waals surface area contributed by atoms with Crippen LogP contribution in [0.2, 0.25) is 0 Å². The maximum absolute atomic E-state index is 4.64. The van der Waals surface area contributed by atoms with E-state index in [1.807, 2.05) is 23.5 Å². The van der Waals surface area contributed by atoms with E-state index in [2.05, 4.69) is 41.1 Å². The van der Waals surface area contributed by atoms with Crippen molar-refractivity contribution in [2.45, 2.75) is 93.5 Å². The van der Waals surface area contributed by atoms with E-state index in [1.165, 1.54) is 153 Å². The van der Waals surface area contributed by atoms with Gasteiger partial charge in [-0.25, -0.2) is 0 Å². The van der Waals surface area contributed by atoms with Crippen LogP contribution in [0.1, 0.15) is 94.9 Å². The number of fused-ring (bicyclic) bond motifs is 6. The highest BCUT2D eigenvalue weighted by Gasteiger charge is 2.38. The highest BCUT2D eigenvalue weighted by atomic mass is 32.2. The van der Waals surface area contributed by atoms with Gasteiger partial charge in [-0.3, -0.25) is 0 Å². The molecule has 2 aromatic heterocycles. The van der Waals surface area contributed by atoms with Gasteiger partial charge >= 0.3 is 0 Å². The third-order valence-electron chi connectivity index (χ3n) is 8.70. The van der Waals surface area contributed by atoms with Crippen molar-refractivity contribution in [2.24, 2.45) is 11.8 Å². The van der Waals surface area contributed by atoms with Crippen LogP contribution >= 0.6 is 47.0 Å². The molecule has 6 saturated heterocycles. The molecule has 206 valence electrons. The zero-order chi connectivity index (χ0) is 25.5. The van der Waals surface area contributed by atoms with Crippen molar-refractivity contribution in [1.29, 1.82) is 0 Å². The van der Waals surface area contributed by atoms with Crippen molar-refractivity contribution in [1.82, 2.24) is 27.3 Å². The number of rotatable bonds is 11. The topological polar surface area (TPSA) is 58.0 Å². The van der Waals surface area contributed by atoms with Crippen LogP contribution in [0.5, 0.6) is 0 Å². The molecular weight excluding hydrogens is 537 g/mol. The summed E-state index contributed by atoms with van der Waals surface area (Å²) in [5, 5.41) is 2.46. The molecule has 10 heteroatoms. The fourth-order valence-electron chi connectivity index (χ4n) is 6.41. The van der Waals surface area contributed by atoms with E-state index in [0.717, 1.165) is 11.8 Å². The van der Waals surface area contributed by atoms with E-state index in [1.54, 1.807) is 0 Å². The second-order valence-corrected chi connectivity index (χ2v) is 14.4. The maximum atomic E-state index is 4.64. The Balaban J connectivity index is 0.000000152. The van der Waals surface area contributed by atoms with Crippen LogP contribution in [-0.4, -0.2) is 78.1 Å². The zero-order valence-corrected chi connectivity index (χ0v) is 25.9. The molecule has 0 radical (unpaired) electrons. The molecule has 2 unspecified atom stereocenters. The lowest BCUT2D eigenvalue weighted by molar-refractivity contribution is 0.0846. The van der Waals surface area contributed by atoms with Crippen LogP contribution < -0.4 is 0 Å². The molecule has 0 N–H and O–H groups in total. The average molecular weight is 581 g/mol. The number of unbranched alkanes of at least 4 members (excludes halogenated alkanes) is 3. The summed E-state index contributed by atoms with van der Waals surface area (Å²) in [6.07, 6.45) is 11.9. The first-order valence-electron chi connectivity index (χ1n) is 14.6. The molecule has 2 aromatic rings. The van der Waals surface area contributed by atoms with Crippen molar-refractivity contribution < 1.29 is 0 Å². The molecule has 4 bridgehead atoms. The molecule has 0 aromatic carbocycles. The van der Waals surface area contributed by atoms with Gasteiger partial charge in [0.1, 0.15) is 10.1 Å². The van der Waals surface area contributed by atoms with Gasteiger partial charge < -0.3 is 9.80 Å². The summed E-state index contributed by atoms with van der Waals surface area (Å²) in [5.41, 5.74) is 2.64. The van der Waals surface area contributed by atoms with E-state index in [0.29, 0.717) is 11.8 Å². The molecule has 0 aliphatic carbocycles. The van der Waals surface area contributed by atoms with Crippen LogP contribution in [0.15, 0.2) is 10.1 Å². The van der Waals surface area contributed by atoms with Crippen molar-refractivity contribution in [2.75, 3.05) is 50.8 Å². The second kappa shape index (κ2) is 14.4. The predicted molar refractivity (Wildman–Crippen MR) is 160 cm³/mol. The third kappa shape index (κ3) is 7.28. The smallest absolute Gasteiger partial charge is 0.134 e. The Bertz CT molecular complexity index is 935. The van der Waals surface area contributed by atoms with Crippen molar-refractivity contribution >= 4 is 47.0 Å². The van der Waals surface area contributed by atoms with Crippen LogP contribution in [-0.2, 0) is 0 Å². The van der Waals surface area contributed by atoms with E-state index in [-0.39, 0.29) is 0 Å². The van der Waals surface area contributed by atoms with Crippen LogP contribution in [0.25, 0.3) is 0 Å². The molecule has 0 spiro atoms. The number of hydrogen-bond acceptors (Lipinski definition) is 10. The number of nitrogens with zero attached hydrogens (tertiary/aromatic N) is 6. The largest absolute Gasteiger partial charge is 0.303 e. The fourth-order valence-corrected chi connectivity index (χ4v) is 10.0. The Morgan fingerprint density at radius 3 is 1.51 bits per heavy atom. The lowest BCUT2D eigenvalue weighted by Crippen LogP contribution is -2.46. The molecule has 37 heavy (non-hydrogen) atoms. The maximum Gasteiger partial charge on any atom is 0.134 e. The normalized spacial score (nSPS) is 30.3. The molecule has 2 atom stereocenters. The number of aromatic nitrogens is 4. The summed E-state index contributed by atoms with van der Waals surface area (Å²) in [7, 11) is 0. The van der Waals surface area contributed by atoms with Gasteiger partial charge in [-0.2, -0.15) is 17.5 Å². The summed E-state index contributed by atoms with van der Waals surface area (Å²) >= 11 is 6.67. The van der Waals surface area contributed by atoms with Crippen molar-refractivity contribution in [3.63, 3.8) is 0 Å². The summed E-state index contributed by atoms with van der Waals surface area (Å²) < 4.78 is 18.3. The van der Waals surface area contributed by atoms with Crippen molar-refractivity contribution in [3.05, 3.63) is 11.4 Å². The Kier molecular flexibility index (Phi) is 11.0. The quantitative estimate of drug-likeness (QED) is 0.211.